The molecule has 0 bridgehead atoms. The van der Waals surface area contributed by atoms with Gasteiger partial charge < -0.3 is 14.2 Å². The van der Waals surface area contributed by atoms with E-state index >= 15 is 0 Å². The number of halogens is 1. The molecule has 4 heterocycles. The first-order valence-electron chi connectivity index (χ1n) is 11.3. The minimum absolute atomic E-state index is 0.112. The van der Waals surface area contributed by atoms with Crippen LogP contribution >= 0.6 is 0 Å². The molecule has 1 aromatic carbocycles. The van der Waals surface area contributed by atoms with E-state index in [0.29, 0.717) is 46.9 Å². The highest BCUT2D eigenvalue weighted by Gasteiger charge is 2.34. The Bertz CT molecular complexity index is 1270. The lowest BCUT2D eigenvalue weighted by atomic mass is 9.91. The lowest BCUT2D eigenvalue weighted by Gasteiger charge is -2.46. The highest BCUT2D eigenvalue weighted by atomic mass is 32.2. The molecule has 0 aliphatic carbocycles. The van der Waals surface area contributed by atoms with Crippen molar-refractivity contribution < 1.29 is 26.3 Å². The molecule has 0 N–H and O–H groups in total. The van der Waals surface area contributed by atoms with E-state index in [1.807, 2.05) is 0 Å². The molecule has 2 saturated heterocycles. The number of piperidine rings is 1. The predicted octanol–water partition coefficient (Wildman–Crippen LogP) is 2.82. The number of anilines is 1. The second-order valence-electron chi connectivity index (χ2n) is 8.93. The van der Waals surface area contributed by atoms with E-state index in [1.165, 1.54) is 12.1 Å². The first-order chi connectivity index (χ1) is 16.3. The molecule has 11 heteroatoms. The van der Waals surface area contributed by atoms with Crippen LogP contribution in [0.25, 0.3) is 11.0 Å². The van der Waals surface area contributed by atoms with Gasteiger partial charge in [0.1, 0.15) is 12.4 Å². The summed E-state index contributed by atoms with van der Waals surface area (Å²) in [5.41, 5.74) is 1.10. The average molecular weight is 491 g/mol. The molecule has 2 aromatic heterocycles. The Hall–Kier alpha value is -2.76. The third-order valence-electron chi connectivity index (χ3n) is 6.39. The van der Waals surface area contributed by atoms with Crippen molar-refractivity contribution in [1.29, 1.82) is 0 Å². The SMILES string of the molecule is CS(=O)(=O)OCc1cccc(OC[C@@H]2CC[C@@H]3CN(c4noc5ccc(F)cc45)CCN3C2)n1. The quantitative estimate of drug-likeness (QED) is 0.463. The molecular formula is C23H27FN4O5S. The van der Waals surface area contributed by atoms with E-state index < -0.39 is 10.1 Å². The monoisotopic (exact) mass is 490 g/mol. The number of aromatic nitrogens is 2. The van der Waals surface area contributed by atoms with Gasteiger partial charge in [-0.05, 0) is 37.1 Å². The molecule has 0 unspecified atom stereocenters. The predicted molar refractivity (Wildman–Crippen MR) is 124 cm³/mol. The number of rotatable bonds is 7. The van der Waals surface area contributed by atoms with Gasteiger partial charge >= 0.3 is 0 Å². The molecule has 5 rings (SSSR count). The Balaban J connectivity index is 1.15. The third-order valence-corrected chi connectivity index (χ3v) is 6.93. The Kier molecular flexibility index (Phi) is 6.41. The van der Waals surface area contributed by atoms with Gasteiger partial charge in [0.15, 0.2) is 11.4 Å². The number of fused-ring (bicyclic) bond motifs is 2. The van der Waals surface area contributed by atoms with Gasteiger partial charge in [0.05, 0.1) is 23.9 Å². The number of nitrogens with zero attached hydrogens (tertiary/aromatic N) is 4. The lowest BCUT2D eigenvalue weighted by Crippen LogP contribution is -2.57. The zero-order valence-electron chi connectivity index (χ0n) is 18.9. The molecule has 3 aromatic rings. The summed E-state index contributed by atoms with van der Waals surface area (Å²) in [5, 5.41) is 4.92. The molecule has 2 aliphatic rings. The van der Waals surface area contributed by atoms with Crippen LogP contribution < -0.4 is 9.64 Å². The molecular weight excluding hydrogens is 463 g/mol. The summed E-state index contributed by atoms with van der Waals surface area (Å²) in [4.78, 5) is 9.02. The van der Waals surface area contributed by atoms with Crippen molar-refractivity contribution in [2.45, 2.75) is 25.5 Å². The molecule has 2 atom stereocenters. The standard InChI is InChI=1S/C23H27FN4O5S/c1-34(29,30)32-15-18-3-2-4-22(25-18)31-14-16-5-7-19-13-28(10-9-27(19)12-16)23-20-11-17(24)6-8-21(20)33-26-23/h2-4,6,8,11,16,19H,5,7,9-10,12-15H2,1H3/t16-,19-/m1/s1. The maximum atomic E-state index is 13.7. The number of ether oxygens (including phenoxy) is 1. The molecule has 9 nitrogen and oxygen atoms in total. The fourth-order valence-electron chi connectivity index (χ4n) is 4.70. The minimum atomic E-state index is -3.52. The van der Waals surface area contributed by atoms with Crippen molar-refractivity contribution >= 4 is 26.9 Å². The smallest absolute Gasteiger partial charge is 0.264 e. The molecule has 2 fully saturated rings. The van der Waals surface area contributed by atoms with E-state index in [9.17, 15) is 12.8 Å². The Morgan fingerprint density at radius 2 is 2.06 bits per heavy atom. The van der Waals surface area contributed by atoms with E-state index in [2.05, 4.69) is 19.9 Å². The van der Waals surface area contributed by atoms with Crippen molar-refractivity contribution in [2.24, 2.45) is 5.92 Å². The molecule has 0 radical (unpaired) electrons. The van der Waals surface area contributed by atoms with Crippen LogP contribution in [0.4, 0.5) is 10.2 Å². The molecule has 0 saturated carbocycles. The normalized spacial score (nSPS) is 21.5. The summed E-state index contributed by atoms with van der Waals surface area (Å²) in [6.07, 6.45) is 3.07. The summed E-state index contributed by atoms with van der Waals surface area (Å²) in [5.74, 6) is 1.26. The maximum Gasteiger partial charge on any atom is 0.264 e. The first kappa shape index (κ1) is 23.0. The number of hydrogen-bond acceptors (Lipinski definition) is 9. The van der Waals surface area contributed by atoms with Crippen LogP contribution in [0.5, 0.6) is 5.88 Å². The number of piperazine rings is 1. The summed E-state index contributed by atoms with van der Waals surface area (Å²) in [7, 11) is -3.52. The van der Waals surface area contributed by atoms with Crippen LogP contribution in [0, 0.1) is 11.7 Å². The summed E-state index contributed by atoms with van der Waals surface area (Å²) in [6.45, 7) is 3.88. The average Bonchev–Trinajstić information content (AvgIpc) is 3.24. The fourth-order valence-corrected chi connectivity index (χ4v) is 5.04. The van der Waals surface area contributed by atoms with E-state index in [1.54, 1.807) is 24.3 Å². The zero-order chi connectivity index (χ0) is 23.7. The summed E-state index contributed by atoms with van der Waals surface area (Å²) in [6, 6.07) is 10.1. The number of benzene rings is 1. The van der Waals surface area contributed by atoms with Crippen LogP contribution in [0.3, 0.4) is 0 Å². The highest BCUT2D eigenvalue weighted by molar-refractivity contribution is 7.85. The molecule has 0 spiro atoms. The number of hydrogen-bond donors (Lipinski definition) is 0. The molecule has 2 aliphatic heterocycles. The van der Waals surface area contributed by atoms with Gasteiger partial charge in [-0.15, -0.1) is 0 Å². The second-order valence-corrected chi connectivity index (χ2v) is 10.6. The van der Waals surface area contributed by atoms with Gasteiger partial charge in [0.2, 0.25) is 5.88 Å². The third kappa shape index (κ3) is 5.31. The van der Waals surface area contributed by atoms with E-state index in [4.69, 9.17) is 13.4 Å². The van der Waals surface area contributed by atoms with Gasteiger partial charge in [-0.3, -0.25) is 9.08 Å². The highest BCUT2D eigenvalue weighted by Crippen LogP contribution is 2.31. The molecule has 0 amide bonds. The fraction of sp³-hybridized carbons (Fsp3) is 0.478. The van der Waals surface area contributed by atoms with E-state index in [-0.39, 0.29) is 12.4 Å². The molecule has 34 heavy (non-hydrogen) atoms. The minimum Gasteiger partial charge on any atom is -0.477 e. The zero-order valence-corrected chi connectivity index (χ0v) is 19.7. The van der Waals surface area contributed by atoms with Crippen LogP contribution in [-0.4, -0.2) is 68.5 Å². The summed E-state index contributed by atoms with van der Waals surface area (Å²) >= 11 is 0. The largest absolute Gasteiger partial charge is 0.477 e. The van der Waals surface area contributed by atoms with Crippen LogP contribution in [-0.2, 0) is 20.9 Å². The lowest BCUT2D eigenvalue weighted by molar-refractivity contribution is 0.0716. The van der Waals surface area contributed by atoms with Crippen molar-refractivity contribution in [2.75, 3.05) is 43.9 Å². The first-order valence-corrected chi connectivity index (χ1v) is 13.1. The maximum absolute atomic E-state index is 13.7. The van der Waals surface area contributed by atoms with Crippen molar-refractivity contribution in [3.8, 4) is 5.88 Å². The van der Waals surface area contributed by atoms with Crippen LogP contribution in [0.15, 0.2) is 40.9 Å². The van der Waals surface area contributed by atoms with Crippen molar-refractivity contribution in [3.63, 3.8) is 0 Å². The van der Waals surface area contributed by atoms with Gasteiger partial charge in [-0.1, -0.05) is 11.2 Å². The topological polar surface area (TPSA) is 98.0 Å². The Morgan fingerprint density at radius 3 is 2.91 bits per heavy atom. The van der Waals surface area contributed by atoms with Gasteiger partial charge in [0, 0.05) is 44.2 Å². The Labute approximate surface area is 197 Å². The van der Waals surface area contributed by atoms with Crippen molar-refractivity contribution in [3.05, 3.63) is 47.9 Å². The second kappa shape index (κ2) is 9.47. The van der Waals surface area contributed by atoms with Gasteiger partial charge in [0.25, 0.3) is 10.1 Å². The summed E-state index contributed by atoms with van der Waals surface area (Å²) < 4.78 is 52.2. The molecule has 182 valence electrons. The number of pyridine rings is 1. The van der Waals surface area contributed by atoms with Crippen molar-refractivity contribution in [1.82, 2.24) is 15.0 Å². The van der Waals surface area contributed by atoms with Gasteiger partial charge in [-0.2, -0.15) is 8.42 Å². The van der Waals surface area contributed by atoms with Crippen LogP contribution in [0.1, 0.15) is 18.5 Å². The Morgan fingerprint density at radius 1 is 1.18 bits per heavy atom. The van der Waals surface area contributed by atoms with Crippen LogP contribution in [0.2, 0.25) is 0 Å². The van der Waals surface area contributed by atoms with Gasteiger partial charge in [-0.25, -0.2) is 9.37 Å². The van der Waals surface area contributed by atoms with E-state index in [0.717, 1.165) is 45.3 Å².